The number of hydrogen-bond donors (Lipinski definition) is 1. The van der Waals surface area contributed by atoms with Crippen LogP contribution >= 0.6 is 11.3 Å². The number of carbonyl (C=O) groups excluding carboxylic acids is 1. The number of aromatic nitrogens is 1. The Kier molecular flexibility index (Phi) is 5.48. The zero-order valence-electron chi connectivity index (χ0n) is 17.3. The summed E-state index contributed by atoms with van der Waals surface area (Å²) in [6, 6.07) is 14.2. The lowest BCUT2D eigenvalue weighted by Gasteiger charge is -2.34. The number of benzene rings is 2. The van der Waals surface area contributed by atoms with Crippen molar-refractivity contribution in [3.63, 3.8) is 0 Å². The summed E-state index contributed by atoms with van der Waals surface area (Å²) in [7, 11) is 0. The summed E-state index contributed by atoms with van der Waals surface area (Å²) in [6.45, 7) is 6.23. The Bertz CT molecular complexity index is 1090. The molecule has 31 heavy (non-hydrogen) atoms. The van der Waals surface area contributed by atoms with E-state index < -0.39 is 0 Å². The fourth-order valence-corrected chi connectivity index (χ4v) is 4.55. The predicted octanol–water partition coefficient (Wildman–Crippen LogP) is 3.88. The number of rotatable bonds is 5. The molecule has 2 aliphatic rings. The van der Waals surface area contributed by atoms with Gasteiger partial charge in [0.15, 0.2) is 16.6 Å². The van der Waals surface area contributed by atoms with Gasteiger partial charge in [0.05, 0.1) is 0 Å². The summed E-state index contributed by atoms with van der Waals surface area (Å²) in [4.78, 5) is 21.7. The van der Waals surface area contributed by atoms with Crippen molar-refractivity contribution < 1.29 is 14.3 Å². The van der Waals surface area contributed by atoms with Gasteiger partial charge in [0.2, 0.25) is 6.79 Å². The van der Waals surface area contributed by atoms with Crippen LogP contribution in [0.1, 0.15) is 21.6 Å². The molecule has 0 spiro atoms. The van der Waals surface area contributed by atoms with E-state index >= 15 is 0 Å². The molecule has 1 amide bonds. The number of nitrogens with one attached hydrogen (secondary N) is 1. The maximum Gasteiger partial charge on any atom is 0.273 e. The van der Waals surface area contributed by atoms with Gasteiger partial charge in [-0.1, -0.05) is 18.2 Å². The highest BCUT2D eigenvalue weighted by Crippen LogP contribution is 2.33. The zero-order valence-corrected chi connectivity index (χ0v) is 18.2. The number of carbonyl (C=O) groups is 1. The van der Waals surface area contributed by atoms with Crippen LogP contribution in [0.5, 0.6) is 11.5 Å². The van der Waals surface area contributed by atoms with Crippen LogP contribution in [0.2, 0.25) is 0 Å². The van der Waals surface area contributed by atoms with E-state index in [0.717, 1.165) is 42.0 Å². The molecule has 1 N–H and O–H groups in total. The molecule has 0 radical (unpaired) electrons. The molecule has 0 aliphatic carbocycles. The Morgan fingerprint density at radius 3 is 2.77 bits per heavy atom. The number of hydrogen-bond acceptors (Lipinski definition) is 7. The van der Waals surface area contributed by atoms with E-state index in [0.29, 0.717) is 25.6 Å². The average Bonchev–Trinajstić information content (AvgIpc) is 3.43. The normalized spacial score (nSPS) is 15.8. The van der Waals surface area contributed by atoms with E-state index in [1.54, 1.807) is 0 Å². The minimum absolute atomic E-state index is 0.00345. The van der Waals surface area contributed by atoms with Gasteiger partial charge in [-0.15, -0.1) is 11.3 Å². The van der Waals surface area contributed by atoms with Gasteiger partial charge < -0.3 is 19.7 Å². The number of ether oxygens (including phenoxy) is 2. The summed E-state index contributed by atoms with van der Waals surface area (Å²) >= 11 is 1.45. The van der Waals surface area contributed by atoms with Crippen molar-refractivity contribution >= 4 is 28.1 Å². The number of nitrogens with zero attached hydrogens (tertiary/aromatic N) is 3. The number of anilines is 2. The number of thiazole rings is 1. The van der Waals surface area contributed by atoms with E-state index in [-0.39, 0.29) is 5.91 Å². The first-order valence-electron chi connectivity index (χ1n) is 10.3. The molecule has 0 unspecified atom stereocenters. The van der Waals surface area contributed by atoms with Crippen LogP contribution in [-0.4, -0.2) is 53.7 Å². The molecule has 3 heterocycles. The van der Waals surface area contributed by atoms with Crippen molar-refractivity contribution in [2.24, 2.45) is 0 Å². The summed E-state index contributed by atoms with van der Waals surface area (Å²) in [5.41, 5.74) is 3.85. The van der Waals surface area contributed by atoms with Gasteiger partial charge in [-0.3, -0.25) is 9.69 Å². The van der Waals surface area contributed by atoms with E-state index in [4.69, 9.17) is 9.47 Å². The van der Waals surface area contributed by atoms with Gasteiger partial charge in [-0.25, -0.2) is 4.98 Å². The first-order valence-corrected chi connectivity index (χ1v) is 11.2. The van der Waals surface area contributed by atoms with Crippen LogP contribution in [0.4, 0.5) is 10.8 Å². The summed E-state index contributed by atoms with van der Waals surface area (Å²) < 4.78 is 10.8. The Labute approximate surface area is 185 Å². The van der Waals surface area contributed by atoms with Crippen molar-refractivity contribution in [1.82, 2.24) is 14.8 Å². The maximum absolute atomic E-state index is 12.9. The molecule has 7 nitrogen and oxygen atoms in total. The lowest BCUT2D eigenvalue weighted by Crippen LogP contribution is -2.48. The lowest BCUT2D eigenvalue weighted by molar-refractivity contribution is 0.0623. The predicted molar refractivity (Wildman–Crippen MR) is 120 cm³/mol. The highest BCUT2D eigenvalue weighted by molar-refractivity contribution is 7.14. The second-order valence-electron chi connectivity index (χ2n) is 7.79. The topological polar surface area (TPSA) is 66.9 Å². The molecular weight excluding hydrogens is 412 g/mol. The average molecular weight is 437 g/mol. The lowest BCUT2D eigenvalue weighted by atomic mass is 10.1. The van der Waals surface area contributed by atoms with Crippen LogP contribution in [0, 0.1) is 6.92 Å². The van der Waals surface area contributed by atoms with E-state index in [2.05, 4.69) is 27.3 Å². The van der Waals surface area contributed by atoms with Crippen molar-refractivity contribution in [3.05, 3.63) is 64.7 Å². The third-order valence-electron chi connectivity index (χ3n) is 5.50. The molecule has 1 saturated heterocycles. The maximum atomic E-state index is 12.9. The first kappa shape index (κ1) is 19.8. The fourth-order valence-electron chi connectivity index (χ4n) is 3.84. The standard InChI is InChI=1S/C23H24N4O3S/c1-16-3-2-4-18(11-16)24-23-25-19(14-31-23)22(28)27-9-7-26(8-10-27)13-17-5-6-20-21(12-17)30-15-29-20/h2-6,11-12,14H,7-10,13,15H2,1H3,(H,24,25). The molecule has 1 aromatic heterocycles. The molecular formula is C23H24N4O3S. The molecule has 3 aromatic rings. The van der Waals surface area contributed by atoms with E-state index in [1.165, 1.54) is 22.5 Å². The largest absolute Gasteiger partial charge is 0.454 e. The molecule has 160 valence electrons. The molecule has 2 aliphatic heterocycles. The van der Waals surface area contributed by atoms with Gasteiger partial charge in [0.25, 0.3) is 5.91 Å². The Morgan fingerprint density at radius 2 is 1.94 bits per heavy atom. The SMILES string of the molecule is Cc1cccc(Nc2nc(C(=O)N3CCN(Cc4ccc5c(c4)OCO5)CC3)cs2)c1. The minimum atomic E-state index is -0.00345. The molecule has 8 heteroatoms. The quantitative estimate of drug-likeness (QED) is 0.655. The van der Waals surface area contributed by atoms with E-state index in [1.807, 2.05) is 47.5 Å². The molecule has 2 aromatic carbocycles. The summed E-state index contributed by atoms with van der Waals surface area (Å²) in [6.07, 6.45) is 0. The molecule has 1 fully saturated rings. The molecule has 0 bridgehead atoms. The molecule has 0 saturated carbocycles. The number of amides is 1. The van der Waals surface area contributed by atoms with Crippen molar-refractivity contribution in [2.45, 2.75) is 13.5 Å². The van der Waals surface area contributed by atoms with Gasteiger partial charge in [-0.2, -0.15) is 0 Å². The van der Waals surface area contributed by atoms with Gasteiger partial charge in [-0.05, 0) is 42.3 Å². The van der Waals surface area contributed by atoms with Crippen LogP contribution in [-0.2, 0) is 6.54 Å². The third-order valence-corrected chi connectivity index (χ3v) is 6.25. The number of aryl methyl sites for hydroxylation is 1. The smallest absolute Gasteiger partial charge is 0.273 e. The number of piperazine rings is 1. The van der Waals surface area contributed by atoms with Crippen LogP contribution < -0.4 is 14.8 Å². The Hall–Kier alpha value is -3.10. The second-order valence-corrected chi connectivity index (χ2v) is 8.65. The molecule has 5 rings (SSSR count). The van der Waals surface area contributed by atoms with E-state index in [9.17, 15) is 4.79 Å². The van der Waals surface area contributed by atoms with Crippen molar-refractivity contribution in [2.75, 3.05) is 38.3 Å². The van der Waals surface area contributed by atoms with Crippen LogP contribution in [0.3, 0.4) is 0 Å². The van der Waals surface area contributed by atoms with Crippen molar-refractivity contribution in [1.29, 1.82) is 0 Å². The number of fused-ring (bicyclic) bond motifs is 1. The van der Waals surface area contributed by atoms with Gasteiger partial charge >= 0.3 is 0 Å². The van der Waals surface area contributed by atoms with Gasteiger partial charge in [0, 0.05) is 43.8 Å². The molecule has 0 atom stereocenters. The van der Waals surface area contributed by atoms with Gasteiger partial charge in [0.1, 0.15) is 5.69 Å². The minimum Gasteiger partial charge on any atom is -0.454 e. The highest BCUT2D eigenvalue weighted by atomic mass is 32.1. The second kappa shape index (κ2) is 8.56. The third kappa shape index (κ3) is 4.50. The fraction of sp³-hybridized carbons (Fsp3) is 0.304. The monoisotopic (exact) mass is 436 g/mol. The first-order chi connectivity index (χ1) is 15.1. The Morgan fingerprint density at radius 1 is 1.10 bits per heavy atom. The van der Waals surface area contributed by atoms with Crippen molar-refractivity contribution in [3.8, 4) is 11.5 Å². The summed E-state index contributed by atoms with van der Waals surface area (Å²) in [5, 5.41) is 5.85. The van der Waals surface area contributed by atoms with Crippen LogP contribution in [0.15, 0.2) is 47.8 Å². The highest BCUT2D eigenvalue weighted by Gasteiger charge is 2.24. The Balaban J connectivity index is 1.15. The zero-order chi connectivity index (χ0) is 21.2. The summed E-state index contributed by atoms with van der Waals surface area (Å²) in [5.74, 6) is 1.61. The van der Waals surface area contributed by atoms with Crippen LogP contribution in [0.25, 0.3) is 0 Å².